The first kappa shape index (κ1) is 22.8. The molecule has 3 aliphatic heterocycles. The van der Waals surface area contributed by atoms with Crippen molar-refractivity contribution in [3.8, 4) is 5.75 Å². The smallest absolute Gasteiger partial charge is 0.255 e. The van der Waals surface area contributed by atoms with E-state index in [4.69, 9.17) is 9.47 Å². The quantitative estimate of drug-likeness (QED) is 0.575. The summed E-state index contributed by atoms with van der Waals surface area (Å²) in [5, 5.41) is 2.78. The minimum Gasteiger partial charge on any atom is -0.488 e. The minimum absolute atomic E-state index is 0.129. The van der Waals surface area contributed by atoms with Crippen LogP contribution in [0.5, 0.6) is 5.75 Å². The number of amides is 2. The number of imidazole rings is 1. The van der Waals surface area contributed by atoms with E-state index < -0.39 is 6.04 Å². The zero-order valence-electron chi connectivity index (χ0n) is 20.1. The van der Waals surface area contributed by atoms with E-state index in [0.717, 1.165) is 55.3 Å². The lowest BCUT2D eigenvalue weighted by molar-refractivity contribution is -0.126. The fourth-order valence-electron chi connectivity index (χ4n) is 5.20. The monoisotopic (exact) mass is 487 g/mol. The van der Waals surface area contributed by atoms with E-state index >= 15 is 0 Å². The molecule has 1 unspecified atom stereocenters. The maximum Gasteiger partial charge on any atom is 0.255 e. The standard InChI is InChI=1S/C27H29N5O4/c1-18-5-7-23(26(33)29-18)32-16-22-21(27(32)34)3-2-4-24(22)36-17-19-6-8-25-28-13-20(31(25)14-19)15-30-9-11-35-12-10-30/h2-4,6,8,13-14,23H,1,5,7,9-12,15-17H2,(H,29,33). The van der Waals surface area contributed by atoms with Crippen molar-refractivity contribution in [2.45, 2.75) is 38.6 Å². The van der Waals surface area contributed by atoms with Crippen molar-refractivity contribution in [2.24, 2.45) is 0 Å². The largest absolute Gasteiger partial charge is 0.488 e. The Morgan fingerprint density at radius 3 is 2.86 bits per heavy atom. The van der Waals surface area contributed by atoms with Crippen molar-refractivity contribution in [1.82, 2.24) is 24.5 Å². The Hall–Kier alpha value is -3.69. The van der Waals surface area contributed by atoms with Crippen LogP contribution in [-0.2, 0) is 29.2 Å². The summed E-state index contributed by atoms with van der Waals surface area (Å²) in [4.78, 5) is 34.2. The molecule has 0 aliphatic carbocycles. The second-order valence-electron chi connectivity index (χ2n) is 9.55. The first-order chi connectivity index (χ1) is 17.6. The van der Waals surface area contributed by atoms with E-state index in [-0.39, 0.29) is 11.8 Å². The van der Waals surface area contributed by atoms with Crippen LogP contribution in [0.25, 0.3) is 5.65 Å². The van der Waals surface area contributed by atoms with E-state index in [1.165, 1.54) is 0 Å². The van der Waals surface area contributed by atoms with Crippen molar-refractivity contribution < 1.29 is 19.1 Å². The first-order valence-corrected chi connectivity index (χ1v) is 12.4. The number of pyridine rings is 1. The molecule has 1 aromatic carbocycles. The summed E-state index contributed by atoms with van der Waals surface area (Å²) in [6, 6.07) is 9.05. The Morgan fingerprint density at radius 1 is 1.17 bits per heavy atom. The summed E-state index contributed by atoms with van der Waals surface area (Å²) in [7, 11) is 0. The number of morpholine rings is 1. The van der Waals surface area contributed by atoms with Gasteiger partial charge in [0.25, 0.3) is 5.91 Å². The zero-order valence-corrected chi connectivity index (χ0v) is 20.1. The summed E-state index contributed by atoms with van der Waals surface area (Å²) < 4.78 is 13.8. The summed E-state index contributed by atoms with van der Waals surface area (Å²) in [5.74, 6) is 0.371. The molecule has 9 heteroatoms. The molecule has 186 valence electrons. The lowest BCUT2D eigenvalue weighted by Gasteiger charge is -2.31. The number of carbonyl (C=O) groups excluding carboxylic acids is 2. The number of aromatic nitrogens is 2. The molecule has 5 heterocycles. The van der Waals surface area contributed by atoms with Crippen LogP contribution >= 0.6 is 0 Å². The van der Waals surface area contributed by atoms with E-state index in [9.17, 15) is 9.59 Å². The van der Waals surface area contributed by atoms with Crippen LogP contribution in [0, 0.1) is 0 Å². The highest BCUT2D eigenvalue weighted by Gasteiger charge is 2.39. The number of hydrogen-bond donors (Lipinski definition) is 1. The fraction of sp³-hybridized carbons (Fsp3) is 0.370. The molecule has 9 nitrogen and oxygen atoms in total. The van der Waals surface area contributed by atoms with Gasteiger partial charge in [0, 0.05) is 48.2 Å². The van der Waals surface area contributed by atoms with Gasteiger partial charge in [-0.15, -0.1) is 0 Å². The second-order valence-corrected chi connectivity index (χ2v) is 9.55. The van der Waals surface area contributed by atoms with Crippen LogP contribution < -0.4 is 10.1 Å². The number of piperidine rings is 1. The molecule has 0 spiro atoms. The van der Waals surface area contributed by atoms with Gasteiger partial charge >= 0.3 is 0 Å². The van der Waals surface area contributed by atoms with Gasteiger partial charge in [0.05, 0.1) is 31.6 Å². The Bertz CT molecular complexity index is 1340. The highest BCUT2D eigenvalue weighted by molar-refractivity contribution is 6.02. The maximum atomic E-state index is 13.1. The maximum absolute atomic E-state index is 13.1. The Labute approximate surface area is 209 Å². The summed E-state index contributed by atoms with van der Waals surface area (Å²) in [6.07, 6.45) is 5.25. The predicted molar refractivity (Wildman–Crippen MR) is 132 cm³/mol. The molecule has 2 saturated heterocycles. The molecular formula is C27H29N5O4. The number of benzene rings is 1. The molecule has 0 radical (unpaired) electrons. The van der Waals surface area contributed by atoms with Gasteiger partial charge < -0.3 is 24.1 Å². The third-order valence-electron chi connectivity index (χ3n) is 7.18. The van der Waals surface area contributed by atoms with E-state index in [0.29, 0.717) is 43.0 Å². The number of nitrogens with zero attached hydrogens (tertiary/aromatic N) is 4. The number of ether oxygens (including phenoxy) is 2. The lowest BCUT2D eigenvalue weighted by Crippen LogP contribution is -2.49. The molecule has 2 fully saturated rings. The highest BCUT2D eigenvalue weighted by atomic mass is 16.5. The number of fused-ring (bicyclic) bond motifs is 2. The van der Waals surface area contributed by atoms with Crippen LogP contribution in [0.1, 0.15) is 40.0 Å². The molecule has 3 aliphatic rings. The predicted octanol–water partition coefficient (Wildman–Crippen LogP) is 2.49. The Morgan fingerprint density at radius 2 is 2.03 bits per heavy atom. The van der Waals surface area contributed by atoms with Gasteiger partial charge in [0.15, 0.2) is 0 Å². The third-order valence-corrected chi connectivity index (χ3v) is 7.18. The number of carbonyl (C=O) groups is 2. The molecule has 6 rings (SSSR count). The highest BCUT2D eigenvalue weighted by Crippen LogP contribution is 2.34. The Kier molecular flexibility index (Phi) is 5.94. The van der Waals surface area contributed by atoms with Gasteiger partial charge in [-0.1, -0.05) is 18.7 Å². The van der Waals surface area contributed by atoms with Crippen LogP contribution in [-0.4, -0.2) is 63.3 Å². The van der Waals surface area contributed by atoms with Gasteiger partial charge in [-0.3, -0.25) is 14.5 Å². The van der Waals surface area contributed by atoms with Crippen molar-refractivity contribution in [2.75, 3.05) is 26.3 Å². The minimum atomic E-state index is -0.489. The topological polar surface area (TPSA) is 88.4 Å². The average Bonchev–Trinajstić information content (AvgIpc) is 3.44. The van der Waals surface area contributed by atoms with E-state index in [1.54, 1.807) is 11.0 Å². The fourth-order valence-corrected chi connectivity index (χ4v) is 5.20. The SMILES string of the molecule is C=C1CCC(N2Cc3c(OCc4ccc5ncc(CN6CCOCC6)n5c4)cccc3C2=O)C(=O)N1. The van der Waals surface area contributed by atoms with Crippen molar-refractivity contribution in [1.29, 1.82) is 0 Å². The number of hydrogen-bond acceptors (Lipinski definition) is 6. The number of allylic oxidation sites excluding steroid dienone is 1. The van der Waals surface area contributed by atoms with Gasteiger partial charge in [0.1, 0.15) is 24.0 Å². The molecule has 1 atom stereocenters. The molecular weight excluding hydrogens is 458 g/mol. The van der Waals surface area contributed by atoms with E-state index in [2.05, 4.69) is 32.4 Å². The number of nitrogens with one attached hydrogen (secondary N) is 1. The van der Waals surface area contributed by atoms with Crippen molar-refractivity contribution in [3.63, 3.8) is 0 Å². The average molecular weight is 488 g/mol. The lowest BCUT2D eigenvalue weighted by atomic mass is 10.0. The van der Waals surface area contributed by atoms with Crippen molar-refractivity contribution >= 4 is 17.5 Å². The van der Waals surface area contributed by atoms with Gasteiger partial charge in [0.2, 0.25) is 5.91 Å². The van der Waals surface area contributed by atoms with Crippen LogP contribution in [0.15, 0.2) is 55.0 Å². The summed E-state index contributed by atoms with van der Waals surface area (Å²) in [5.41, 5.74) is 5.17. The molecule has 3 aromatic rings. The number of rotatable bonds is 6. The van der Waals surface area contributed by atoms with E-state index in [1.807, 2.05) is 30.5 Å². The zero-order chi connectivity index (χ0) is 24.6. The molecule has 1 N–H and O–H groups in total. The normalized spacial score (nSPS) is 20.6. The van der Waals surface area contributed by atoms with Crippen LogP contribution in [0.4, 0.5) is 0 Å². The molecule has 2 amide bonds. The van der Waals surface area contributed by atoms with Crippen LogP contribution in [0.2, 0.25) is 0 Å². The third kappa shape index (κ3) is 4.25. The first-order valence-electron chi connectivity index (χ1n) is 12.4. The Balaban J connectivity index is 1.18. The second kappa shape index (κ2) is 9.40. The van der Waals surface area contributed by atoms with Crippen LogP contribution in [0.3, 0.4) is 0 Å². The van der Waals surface area contributed by atoms with Gasteiger partial charge in [-0.05, 0) is 31.0 Å². The molecule has 2 aromatic heterocycles. The summed E-state index contributed by atoms with van der Waals surface area (Å²) >= 11 is 0. The summed E-state index contributed by atoms with van der Waals surface area (Å²) in [6.45, 7) is 8.74. The molecule has 0 bridgehead atoms. The van der Waals surface area contributed by atoms with Crippen molar-refractivity contribution in [3.05, 3.63) is 77.4 Å². The molecule has 0 saturated carbocycles. The van der Waals surface area contributed by atoms with Gasteiger partial charge in [-0.2, -0.15) is 0 Å². The molecule has 36 heavy (non-hydrogen) atoms. The van der Waals surface area contributed by atoms with Gasteiger partial charge in [-0.25, -0.2) is 4.98 Å².